The monoisotopic (exact) mass is 277 g/mol. The van der Waals surface area contributed by atoms with E-state index >= 15 is 0 Å². The van der Waals surface area contributed by atoms with Crippen LogP contribution in [-0.4, -0.2) is 38.2 Å². The van der Waals surface area contributed by atoms with Crippen molar-refractivity contribution in [3.05, 3.63) is 29.8 Å². The van der Waals surface area contributed by atoms with E-state index in [1.807, 2.05) is 12.1 Å². The SMILES string of the molecule is CNC(=O)Cc1cccc(NC(=O)N[C@@H]2CCOC2)c1. The summed E-state index contributed by atoms with van der Waals surface area (Å²) in [5.41, 5.74) is 1.52. The van der Waals surface area contributed by atoms with Gasteiger partial charge in [-0.2, -0.15) is 0 Å². The Bertz CT molecular complexity index is 484. The molecule has 1 atom stereocenters. The van der Waals surface area contributed by atoms with Crippen LogP contribution in [0, 0.1) is 0 Å². The van der Waals surface area contributed by atoms with Crippen LogP contribution in [0.25, 0.3) is 0 Å². The highest BCUT2D eigenvalue weighted by molar-refractivity contribution is 5.89. The third-order valence-electron chi connectivity index (χ3n) is 3.09. The van der Waals surface area contributed by atoms with E-state index in [4.69, 9.17) is 4.74 Å². The van der Waals surface area contributed by atoms with Crippen molar-refractivity contribution in [3.63, 3.8) is 0 Å². The van der Waals surface area contributed by atoms with Crippen molar-refractivity contribution < 1.29 is 14.3 Å². The lowest BCUT2D eigenvalue weighted by molar-refractivity contribution is -0.119. The number of carbonyl (C=O) groups is 2. The Morgan fingerprint density at radius 1 is 1.40 bits per heavy atom. The van der Waals surface area contributed by atoms with Crippen LogP contribution in [-0.2, 0) is 16.0 Å². The highest BCUT2D eigenvalue weighted by atomic mass is 16.5. The standard InChI is InChI=1S/C14H19N3O3/c1-15-13(18)8-10-3-2-4-11(7-10)16-14(19)17-12-5-6-20-9-12/h2-4,7,12H,5-6,8-9H2,1H3,(H,15,18)(H2,16,17,19)/t12-/m1/s1. The largest absolute Gasteiger partial charge is 0.379 e. The molecule has 0 aliphatic carbocycles. The Balaban J connectivity index is 1.89. The fourth-order valence-corrected chi connectivity index (χ4v) is 2.03. The molecular weight excluding hydrogens is 258 g/mol. The van der Waals surface area contributed by atoms with Crippen molar-refractivity contribution in [2.24, 2.45) is 0 Å². The van der Waals surface area contributed by atoms with E-state index in [-0.39, 0.29) is 18.0 Å². The normalized spacial score (nSPS) is 17.6. The maximum absolute atomic E-state index is 11.8. The van der Waals surface area contributed by atoms with Gasteiger partial charge in [0.25, 0.3) is 0 Å². The highest BCUT2D eigenvalue weighted by Gasteiger charge is 2.17. The molecule has 1 fully saturated rings. The summed E-state index contributed by atoms with van der Waals surface area (Å²) in [7, 11) is 1.60. The lowest BCUT2D eigenvalue weighted by Gasteiger charge is -2.12. The molecule has 0 aromatic heterocycles. The van der Waals surface area contributed by atoms with Gasteiger partial charge in [0.15, 0.2) is 0 Å². The van der Waals surface area contributed by atoms with E-state index in [0.29, 0.717) is 25.3 Å². The molecule has 1 heterocycles. The van der Waals surface area contributed by atoms with Gasteiger partial charge < -0.3 is 20.7 Å². The average molecular weight is 277 g/mol. The highest BCUT2D eigenvalue weighted by Crippen LogP contribution is 2.11. The minimum Gasteiger partial charge on any atom is -0.379 e. The molecule has 2 rings (SSSR count). The summed E-state index contributed by atoms with van der Waals surface area (Å²) < 4.78 is 5.20. The molecule has 3 N–H and O–H groups in total. The number of carbonyl (C=O) groups excluding carboxylic acids is 2. The van der Waals surface area contributed by atoms with Gasteiger partial charge >= 0.3 is 6.03 Å². The van der Waals surface area contributed by atoms with Crippen LogP contribution in [0.1, 0.15) is 12.0 Å². The van der Waals surface area contributed by atoms with Crippen molar-refractivity contribution in [1.29, 1.82) is 0 Å². The summed E-state index contributed by atoms with van der Waals surface area (Å²) in [5, 5.41) is 8.18. The number of amides is 3. The fraction of sp³-hybridized carbons (Fsp3) is 0.429. The maximum Gasteiger partial charge on any atom is 0.319 e. The molecule has 0 bridgehead atoms. The van der Waals surface area contributed by atoms with Crippen LogP contribution in [0.5, 0.6) is 0 Å². The summed E-state index contributed by atoms with van der Waals surface area (Å²) in [6, 6.07) is 7.06. The summed E-state index contributed by atoms with van der Waals surface area (Å²) in [4.78, 5) is 23.1. The molecule has 1 aliphatic heterocycles. The van der Waals surface area contributed by atoms with Gasteiger partial charge in [0.2, 0.25) is 5.91 Å². The van der Waals surface area contributed by atoms with E-state index in [1.54, 1.807) is 19.2 Å². The Hall–Kier alpha value is -2.08. The molecule has 6 nitrogen and oxygen atoms in total. The third kappa shape index (κ3) is 4.24. The van der Waals surface area contributed by atoms with Gasteiger partial charge in [0.05, 0.1) is 19.1 Å². The molecule has 3 amide bonds. The summed E-state index contributed by atoms with van der Waals surface area (Å²) >= 11 is 0. The summed E-state index contributed by atoms with van der Waals surface area (Å²) in [5.74, 6) is -0.0605. The third-order valence-corrected chi connectivity index (χ3v) is 3.09. The van der Waals surface area contributed by atoms with Crippen LogP contribution in [0.2, 0.25) is 0 Å². The van der Waals surface area contributed by atoms with Gasteiger partial charge in [-0.1, -0.05) is 12.1 Å². The van der Waals surface area contributed by atoms with E-state index in [2.05, 4.69) is 16.0 Å². The van der Waals surface area contributed by atoms with Crippen LogP contribution in [0.3, 0.4) is 0 Å². The van der Waals surface area contributed by atoms with Crippen molar-refractivity contribution in [2.75, 3.05) is 25.6 Å². The molecule has 6 heteroatoms. The van der Waals surface area contributed by atoms with Crippen molar-refractivity contribution in [3.8, 4) is 0 Å². The zero-order valence-corrected chi connectivity index (χ0v) is 11.4. The molecule has 1 aromatic carbocycles. The Morgan fingerprint density at radius 3 is 2.95 bits per heavy atom. The minimum atomic E-state index is -0.252. The van der Waals surface area contributed by atoms with Crippen LogP contribution in [0.15, 0.2) is 24.3 Å². The molecule has 1 saturated heterocycles. The second-order valence-electron chi connectivity index (χ2n) is 4.71. The molecule has 108 valence electrons. The summed E-state index contributed by atoms with van der Waals surface area (Å²) in [6.45, 7) is 1.25. The second-order valence-corrected chi connectivity index (χ2v) is 4.71. The van der Waals surface area contributed by atoms with Gasteiger partial charge in [-0.15, -0.1) is 0 Å². The number of hydrogen-bond donors (Lipinski definition) is 3. The zero-order chi connectivity index (χ0) is 14.4. The fourth-order valence-electron chi connectivity index (χ4n) is 2.03. The van der Waals surface area contributed by atoms with Gasteiger partial charge in [-0.05, 0) is 24.1 Å². The lowest BCUT2D eigenvalue weighted by atomic mass is 10.1. The first-order valence-corrected chi connectivity index (χ1v) is 6.62. The van der Waals surface area contributed by atoms with E-state index in [9.17, 15) is 9.59 Å². The van der Waals surface area contributed by atoms with E-state index < -0.39 is 0 Å². The summed E-state index contributed by atoms with van der Waals surface area (Å²) in [6.07, 6.45) is 1.13. The average Bonchev–Trinajstić information content (AvgIpc) is 2.91. The van der Waals surface area contributed by atoms with E-state index in [1.165, 1.54) is 0 Å². The van der Waals surface area contributed by atoms with Gasteiger partial charge in [0, 0.05) is 19.3 Å². The van der Waals surface area contributed by atoms with Gasteiger partial charge in [-0.3, -0.25) is 4.79 Å². The number of benzene rings is 1. The molecule has 0 radical (unpaired) electrons. The van der Waals surface area contributed by atoms with E-state index in [0.717, 1.165) is 12.0 Å². The number of hydrogen-bond acceptors (Lipinski definition) is 3. The molecule has 0 unspecified atom stereocenters. The lowest BCUT2D eigenvalue weighted by Crippen LogP contribution is -2.38. The molecule has 1 aliphatic rings. The van der Waals surface area contributed by atoms with Crippen LogP contribution in [0.4, 0.5) is 10.5 Å². The van der Waals surface area contributed by atoms with Crippen LogP contribution < -0.4 is 16.0 Å². The van der Waals surface area contributed by atoms with Crippen molar-refractivity contribution in [2.45, 2.75) is 18.9 Å². The number of likely N-dealkylation sites (N-methyl/N-ethyl adjacent to an activating group) is 1. The molecule has 0 saturated carbocycles. The predicted molar refractivity (Wildman–Crippen MR) is 75.6 cm³/mol. The number of urea groups is 1. The van der Waals surface area contributed by atoms with Gasteiger partial charge in [0.1, 0.15) is 0 Å². The first kappa shape index (κ1) is 14.3. The quantitative estimate of drug-likeness (QED) is 0.764. The predicted octanol–water partition coefficient (Wildman–Crippen LogP) is 0.885. The smallest absolute Gasteiger partial charge is 0.319 e. The Labute approximate surface area is 117 Å². The zero-order valence-electron chi connectivity index (χ0n) is 11.4. The number of ether oxygens (including phenoxy) is 1. The second kappa shape index (κ2) is 6.91. The molecule has 1 aromatic rings. The minimum absolute atomic E-state index is 0.0605. The van der Waals surface area contributed by atoms with Crippen molar-refractivity contribution in [1.82, 2.24) is 10.6 Å². The van der Waals surface area contributed by atoms with Crippen LogP contribution >= 0.6 is 0 Å². The topological polar surface area (TPSA) is 79.5 Å². The Morgan fingerprint density at radius 2 is 2.25 bits per heavy atom. The number of anilines is 1. The number of rotatable bonds is 4. The Kier molecular flexibility index (Phi) is 4.95. The molecular formula is C14H19N3O3. The maximum atomic E-state index is 11.8. The van der Waals surface area contributed by atoms with Crippen molar-refractivity contribution >= 4 is 17.6 Å². The molecule has 0 spiro atoms. The molecule has 20 heavy (non-hydrogen) atoms. The first-order valence-electron chi connectivity index (χ1n) is 6.62. The first-order chi connectivity index (χ1) is 9.67. The van der Waals surface area contributed by atoms with Gasteiger partial charge in [-0.25, -0.2) is 4.79 Å². The number of nitrogens with one attached hydrogen (secondary N) is 3.